The molecule has 1 aromatic rings. The molecule has 0 spiro atoms. The monoisotopic (exact) mass is 302 g/mol. The van der Waals surface area contributed by atoms with Gasteiger partial charge in [-0.1, -0.05) is 18.2 Å². The zero-order valence-electron chi connectivity index (χ0n) is 12.4. The molecule has 1 fully saturated rings. The molecule has 2 aliphatic rings. The number of rotatable bonds is 3. The van der Waals surface area contributed by atoms with Crippen molar-refractivity contribution in [1.82, 2.24) is 4.90 Å². The average molecular weight is 302 g/mol. The first-order valence-electron chi connectivity index (χ1n) is 7.43. The summed E-state index contributed by atoms with van der Waals surface area (Å²) >= 11 is 0. The number of nitrogens with zero attached hydrogens (tertiary/aromatic N) is 2. The molecule has 2 amide bonds. The first kappa shape index (κ1) is 14.6. The number of anilines is 1. The van der Waals surface area contributed by atoms with E-state index in [1.165, 1.54) is 4.90 Å². The van der Waals surface area contributed by atoms with Gasteiger partial charge in [-0.2, -0.15) is 0 Å². The number of benzene rings is 1. The van der Waals surface area contributed by atoms with Crippen LogP contribution in [0, 0.1) is 5.92 Å². The largest absolute Gasteiger partial charge is 0.481 e. The van der Waals surface area contributed by atoms with Crippen LogP contribution in [0.1, 0.15) is 24.8 Å². The van der Waals surface area contributed by atoms with Crippen LogP contribution < -0.4 is 4.90 Å². The standard InChI is InChI=1S/C16H18N2O4/c1-2-17-8-10(7-14(17)19)15(20)18-9-12(16(21)22)11-5-3-4-6-13(11)18/h3-6,10,12H,2,7-9H2,1H3,(H,21,22). The van der Waals surface area contributed by atoms with Crippen LogP contribution in [0.3, 0.4) is 0 Å². The number of amides is 2. The zero-order chi connectivity index (χ0) is 15.9. The van der Waals surface area contributed by atoms with Crippen LogP contribution in [0.4, 0.5) is 5.69 Å². The summed E-state index contributed by atoms with van der Waals surface area (Å²) in [5.41, 5.74) is 1.32. The van der Waals surface area contributed by atoms with Gasteiger partial charge < -0.3 is 14.9 Å². The predicted octanol–water partition coefficient (Wildman–Crippen LogP) is 1.07. The minimum absolute atomic E-state index is 0.0110. The first-order valence-corrected chi connectivity index (χ1v) is 7.43. The molecule has 2 atom stereocenters. The number of likely N-dealkylation sites (tertiary alicyclic amines) is 1. The van der Waals surface area contributed by atoms with E-state index in [2.05, 4.69) is 0 Å². The Balaban J connectivity index is 1.86. The quantitative estimate of drug-likeness (QED) is 0.906. The number of para-hydroxylation sites is 1. The second kappa shape index (κ2) is 5.44. The second-order valence-corrected chi connectivity index (χ2v) is 5.73. The van der Waals surface area contributed by atoms with E-state index in [-0.39, 0.29) is 30.7 Å². The number of hydrogen-bond donors (Lipinski definition) is 1. The van der Waals surface area contributed by atoms with Gasteiger partial charge in [-0.05, 0) is 18.6 Å². The fraction of sp³-hybridized carbons (Fsp3) is 0.438. The molecular formula is C16H18N2O4. The van der Waals surface area contributed by atoms with Gasteiger partial charge in [-0.3, -0.25) is 14.4 Å². The topological polar surface area (TPSA) is 77.9 Å². The number of carboxylic acid groups (broad SMARTS) is 1. The van der Waals surface area contributed by atoms with Crippen molar-refractivity contribution in [3.05, 3.63) is 29.8 Å². The van der Waals surface area contributed by atoms with Gasteiger partial charge >= 0.3 is 5.97 Å². The molecular weight excluding hydrogens is 284 g/mol. The van der Waals surface area contributed by atoms with E-state index < -0.39 is 11.9 Å². The van der Waals surface area contributed by atoms with Crippen molar-refractivity contribution in [2.45, 2.75) is 19.3 Å². The number of carboxylic acids is 1. The molecule has 6 heteroatoms. The van der Waals surface area contributed by atoms with Crippen molar-refractivity contribution in [3.8, 4) is 0 Å². The highest BCUT2D eigenvalue weighted by Crippen LogP contribution is 2.37. The summed E-state index contributed by atoms with van der Waals surface area (Å²) in [4.78, 5) is 39.2. The van der Waals surface area contributed by atoms with Crippen LogP contribution in [-0.2, 0) is 14.4 Å². The Kier molecular flexibility index (Phi) is 3.60. The van der Waals surface area contributed by atoms with E-state index in [1.807, 2.05) is 6.92 Å². The first-order chi connectivity index (χ1) is 10.5. The Bertz CT molecular complexity index is 643. The highest BCUT2D eigenvalue weighted by atomic mass is 16.4. The van der Waals surface area contributed by atoms with Crippen molar-refractivity contribution >= 4 is 23.5 Å². The van der Waals surface area contributed by atoms with Gasteiger partial charge in [0.25, 0.3) is 0 Å². The molecule has 1 aromatic carbocycles. The van der Waals surface area contributed by atoms with E-state index in [1.54, 1.807) is 29.2 Å². The van der Waals surface area contributed by atoms with Crippen LogP contribution >= 0.6 is 0 Å². The Labute approximate surface area is 128 Å². The van der Waals surface area contributed by atoms with Crippen LogP contribution in [0.5, 0.6) is 0 Å². The summed E-state index contributed by atoms with van der Waals surface area (Å²) in [6.45, 7) is 3.04. The number of fused-ring (bicyclic) bond motifs is 1. The second-order valence-electron chi connectivity index (χ2n) is 5.73. The SMILES string of the molecule is CCN1CC(C(=O)N2CC(C(=O)O)c3ccccc32)CC1=O. The lowest BCUT2D eigenvalue weighted by Crippen LogP contribution is -2.37. The minimum Gasteiger partial charge on any atom is -0.481 e. The minimum atomic E-state index is -0.930. The lowest BCUT2D eigenvalue weighted by molar-refractivity contribution is -0.138. The number of carbonyl (C=O) groups excluding carboxylic acids is 2. The number of hydrogen-bond acceptors (Lipinski definition) is 3. The normalized spacial score (nSPS) is 23.8. The number of carbonyl (C=O) groups is 3. The van der Waals surface area contributed by atoms with Gasteiger partial charge in [0, 0.05) is 31.7 Å². The van der Waals surface area contributed by atoms with Gasteiger partial charge in [0.05, 0.1) is 5.92 Å². The van der Waals surface area contributed by atoms with Crippen LogP contribution in [0.15, 0.2) is 24.3 Å². The van der Waals surface area contributed by atoms with Crippen molar-refractivity contribution < 1.29 is 19.5 Å². The molecule has 0 saturated carbocycles. The smallest absolute Gasteiger partial charge is 0.312 e. The molecule has 2 aliphatic heterocycles. The summed E-state index contributed by atoms with van der Waals surface area (Å²) in [6, 6.07) is 7.09. The van der Waals surface area contributed by atoms with E-state index >= 15 is 0 Å². The Hall–Kier alpha value is -2.37. The highest BCUT2D eigenvalue weighted by molar-refractivity contribution is 6.02. The lowest BCUT2D eigenvalue weighted by Gasteiger charge is -2.21. The van der Waals surface area contributed by atoms with Gasteiger partial charge in [-0.25, -0.2) is 0 Å². The van der Waals surface area contributed by atoms with Crippen molar-refractivity contribution in [2.75, 3.05) is 24.5 Å². The Morgan fingerprint density at radius 2 is 2.00 bits per heavy atom. The third-order valence-corrected chi connectivity index (χ3v) is 4.48. The maximum Gasteiger partial charge on any atom is 0.312 e. The number of aliphatic carboxylic acids is 1. The van der Waals surface area contributed by atoms with Gasteiger partial charge in [0.1, 0.15) is 5.92 Å². The lowest BCUT2D eigenvalue weighted by atomic mass is 10.0. The fourth-order valence-corrected chi connectivity index (χ4v) is 3.29. The molecule has 1 saturated heterocycles. The molecule has 3 rings (SSSR count). The maximum absolute atomic E-state index is 12.7. The predicted molar refractivity (Wildman–Crippen MR) is 79.5 cm³/mol. The molecule has 0 bridgehead atoms. The van der Waals surface area contributed by atoms with Gasteiger partial charge in [-0.15, -0.1) is 0 Å². The van der Waals surface area contributed by atoms with Crippen LogP contribution in [0.25, 0.3) is 0 Å². The summed E-state index contributed by atoms with van der Waals surface area (Å²) in [6.07, 6.45) is 0.211. The van der Waals surface area contributed by atoms with Gasteiger partial charge in [0.15, 0.2) is 0 Å². The molecule has 1 N–H and O–H groups in total. The fourth-order valence-electron chi connectivity index (χ4n) is 3.29. The van der Waals surface area contributed by atoms with Crippen LogP contribution in [-0.4, -0.2) is 47.4 Å². The third-order valence-electron chi connectivity index (χ3n) is 4.48. The molecule has 2 heterocycles. The zero-order valence-corrected chi connectivity index (χ0v) is 12.4. The van der Waals surface area contributed by atoms with E-state index in [9.17, 15) is 19.5 Å². The Morgan fingerprint density at radius 3 is 2.64 bits per heavy atom. The average Bonchev–Trinajstić information content (AvgIpc) is 3.07. The van der Waals surface area contributed by atoms with Crippen molar-refractivity contribution in [1.29, 1.82) is 0 Å². The molecule has 6 nitrogen and oxygen atoms in total. The molecule has 22 heavy (non-hydrogen) atoms. The third kappa shape index (κ3) is 2.24. The maximum atomic E-state index is 12.7. The summed E-state index contributed by atoms with van der Waals surface area (Å²) in [7, 11) is 0. The van der Waals surface area contributed by atoms with Gasteiger partial charge in [0.2, 0.25) is 11.8 Å². The molecule has 116 valence electrons. The molecule has 0 radical (unpaired) electrons. The summed E-state index contributed by atoms with van der Waals surface area (Å²) in [5, 5.41) is 9.35. The van der Waals surface area contributed by atoms with Crippen molar-refractivity contribution in [2.24, 2.45) is 5.92 Å². The van der Waals surface area contributed by atoms with Crippen molar-refractivity contribution in [3.63, 3.8) is 0 Å². The molecule has 0 aliphatic carbocycles. The Morgan fingerprint density at radius 1 is 1.27 bits per heavy atom. The molecule has 2 unspecified atom stereocenters. The molecule has 0 aromatic heterocycles. The van der Waals surface area contributed by atoms with E-state index in [0.717, 1.165) is 0 Å². The highest BCUT2D eigenvalue weighted by Gasteiger charge is 2.41. The van der Waals surface area contributed by atoms with E-state index in [0.29, 0.717) is 24.3 Å². The summed E-state index contributed by atoms with van der Waals surface area (Å²) in [5.74, 6) is -2.17. The van der Waals surface area contributed by atoms with E-state index in [4.69, 9.17) is 0 Å². The summed E-state index contributed by atoms with van der Waals surface area (Å²) < 4.78 is 0. The van der Waals surface area contributed by atoms with Crippen LogP contribution in [0.2, 0.25) is 0 Å².